The number of hydrogen-bond acceptors (Lipinski definition) is 3. The number of rotatable bonds is 3. The quantitative estimate of drug-likeness (QED) is 0.675. The molecular formula is C15H12ClN3S. The molecule has 0 amide bonds. The van der Waals surface area contributed by atoms with Crippen molar-refractivity contribution in [2.24, 2.45) is 0 Å². The van der Waals surface area contributed by atoms with Crippen LogP contribution in [-0.4, -0.2) is 21.0 Å². The third-order valence-electron chi connectivity index (χ3n) is 2.93. The fourth-order valence-electron chi connectivity index (χ4n) is 2.00. The number of hydrogen-bond donors (Lipinski definition) is 0. The lowest BCUT2D eigenvalue weighted by Gasteiger charge is -2.09. The maximum absolute atomic E-state index is 5.96. The van der Waals surface area contributed by atoms with Crippen LogP contribution in [0.4, 0.5) is 0 Å². The second-order valence-corrected chi connectivity index (χ2v) is 5.40. The Labute approximate surface area is 126 Å². The molecule has 0 radical (unpaired) electrons. The molecule has 0 spiro atoms. The zero-order chi connectivity index (χ0) is 13.9. The first-order valence-corrected chi connectivity index (χ1v) is 7.70. The van der Waals surface area contributed by atoms with E-state index in [4.69, 9.17) is 11.6 Å². The smallest absolute Gasteiger partial charge is 0.195 e. The van der Waals surface area contributed by atoms with E-state index in [-0.39, 0.29) is 0 Å². The van der Waals surface area contributed by atoms with Crippen molar-refractivity contribution in [3.05, 3.63) is 59.6 Å². The maximum Gasteiger partial charge on any atom is 0.195 e. The molecule has 0 bridgehead atoms. The lowest BCUT2D eigenvalue weighted by atomic mass is 10.2. The summed E-state index contributed by atoms with van der Waals surface area (Å²) >= 11 is 7.52. The Hall–Kier alpha value is -1.78. The minimum Gasteiger partial charge on any atom is -0.270 e. The van der Waals surface area contributed by atoms with Crippen molar-refractivity contribution in [3.8, 4) is 17.1 Å². The van der Waals surface area contributed by atoms with Gasteiger partial charge in [0.1, 0.15) is 0 Å². The fourth-order valence-corrected chi connectivity index (χ4v) is 2.62. The highest BCUT2D eigenvalue weighted by Gasteiger charge is 2.14. The standard InChI is InChI=1S/C15H12ClN3S/c1-20-15-18-17-14(11-5-3-2-4-6-11)19(15)13-9-7-12(16)8-10-13/h2-10H,1H3. The predicted octanol–water partition coefficient (Wildman–Crippen LogP) is 4.31. The average Bonchev–Trinajstić information content (AvgIpc) is 2.93. The number of thioether (sulfide) groups is 1. The number of halogens is 1. The van der Waals surface area contributed by atoms with Gasteiger partial charge in [-0.2, -0.15) is 0 Å². The van der Waals surface area contributed by atoms with E-state index >= 15 is 0 Å². The van der Waals surface area contributed by atoms with Crippen LogP contribution in [0, 0.1) is 0 Å². The molecule has 5 heteroatoms. The van der Waals surface area contributed by atoms with Crippen LogP contribution in [0.1, 0.15) is 0 Å². The molecular weight excluding hydrogens is 290 g/mol. The first-order chi connectivity index (χ1) is 9.79. The Bertz CT molecular complexity index is 708. The molecule has 3 aromatic rings. The molecule has 20 heavy (non-hydrogen) atoms. The third-order valence-corrected chi connectivity index (χ3v) is 3.81. The van der Waals surface area contributed by atoms with Crippen molar-refractivity contribution in [1.82, 2.24) is 14.8 Å². The van der Waals surface area contributed by atoms with Crippen LogP contribution in [-0.2, 0) is 0 Å². The van der Waals surface area contributed by atoms with Gasteiger partial charge in [0.15, 0.2) is 11.0 Å². The zero-order valence-corrected chi connectivity index (χ0v) is 12.4. The lowest BCUT2D eigenvalue weighted by Crippen LogP contribution is -1.98. The molecule has 0 aliphatic carbocycles. The van der Waals surface area contributed by atoms with Crippen LogP contribution in [0.15, 0.2) is 59.8 Å². The molecule has 100 valence electrons. The van der Waals surface area contributed by atoms with Crippen molar-refractivity contribution in [1.29, 1.82) is 0 Å². The number of nitrogens with zero attached hydrogens (tertiary/aromatic N) is 3. The molecule has 1 heterocycles. The van der Waals surface area contributed by atoms with Gasteiger partial charge in [-0.25, -0.2) is 0 Å². The Kier molecular flexibility index (Phi) is 3.76. The molecule has 3 nitrogen and oxygen atoms in total. The van der Waals surface area contributed by atoms with E-state index in [0.717, 1.165) is 22.2 Å². The minimum atomic E-state index is 0.716. The van der Waals surface area contributed by atoms with Crippen molar-refractivity contribution in [3.63, 3.8) is 0 Å². The second kappa shape index (κ2) is 5.69. The third kappa shape index (κ3) is 2.44. The minimum absolute atomic E-state index is 0.716. The van der Waals surface area contributed by atoms with Gasteiger partial charge < -0.3 is 0 Å². The van der Waals surface area contributed by atoms with Gasteiger partial charge in [-0.15, -0.1) is 10.2 Å². The molecule has 0 saturated heterocycles. The van der Waals surface area contributed by atoms with Crippen LogP contribution >= 0.6 is 23.4 Å². The van der Waals surface area contributed by atoms with Crippen LogP contribution in [0.3, 0.4) is 0 Å². The highest BCUT2D eigenvalue weighted by molar-refractivity contribution is 7.98. The van der Waals surface area contributed by atoms with Crippen LogP contribution < -0.4 is 0 Å². The predicted molar refractivity (Wildman–Crippen MR) is 83.6 cm³/mol. The summed E-state index contributed by atoms with van der Waals surface area (Å²) in [6.07, 6.45) is 1.99. The molecule has 0 atom stereocenters. The molecule has 0 saturated carbocycles. The Balaban J connectivity index is 2.18. The highest BCUT2D eigenvalue weighted by atomic mass is 35.5. The molecule has 1 aromatic heterocycles. The maximum atomic E-state index is 5.96. The van der Waals surface area contributed by atoms with Gasteiger partial charge in [0.25, 0.3) is 0 Å². The van der Waals surface area contributed by atoms with Crippen LogP contribution in [0.2, 0.25) is 5.02 Å². The summed E-state index contributed by atoms with van der Waals surface area (Å²) in [5.41, 5.74) is 2.04. The van der Waals surface area contributed by atoms with Crippen LogP contribution in [0.25, 0.3) is 17.1 Å². The largest absolute Gasteiger partial charge is 0.270 e. The van der Waals surface area contributed by atoms with Crippen molar-refractivity contribution >= 4 is 23.4 Å². The number of benzene rings is 2. The lowest BCUT2D eigenvalue weighted by molar-refractivity contribution is 0.889. The summed E-state index contributed by atoms with van der Waals surface area (Å²) in [6, 6.07) is 17.7. The summed E-state index contributed by atoms with van der Waals surface area (Å²) in [6.45, 7) is 0. The molecule has 0 fully saturated rings. The zero-order valence-electron chi connectivity index (χ0n) is 10.8. The van der Waals surface area contributed by atoms with Crippen molar-refractivity contribution in [2.45, 2.75) is 5.16 Å². The van der Waals surface area contributed by atoms with Gasteiger partial charge >= 0.3 is 0 Å². The highest BCUT2D eigenvalue weighted by Crippen LogP contribution is 2.27. The summed E-state index contributed by atoms with van der Waals surface area (Å²) < 4.78 is 2.04. The van der Waals surface area contributed by atoms with E-state index in [1.54, 1.807) is 11.8 Å². The topological polar surface area (TPSA) is 30.7 Å². The Morgan fingerprint density at radius 2 is 1.65 bits per heavy atom. The molecule has 0 aliphatic heterocycles. The SMILES string of the molecule is CSc1nnc(-c2ccccc2)n1-c1ccc(Cl)cc1. The van der Waals surface area contributed by atoms with Gasteiger partial charge in [0, 0.05) is 16.3 Å². The first-order valence-electron chi connectivity index (χ1n) is 6.10. The van der Waals surface area contributed by atoms with Gasteiger partial charge in [-0.1, -0.05) is 53.7 Å². The van der Waals surface area contributed by atoms with E-state index in [9.17, 15) is 0 Å². The van der Waals surface area contributed by atoms with Gasteiger partial charge in [0.05, 0.1) is 0 Å². The fraction of sp³-hybridized carbons (Fsp3) is 0.0667. The molecule has 0 N–H and O–H groups in total. The summed E-state index contributed by atoms with van der Waals surface area (Å²) in [4.78, 5) is 0. The summed E-state index contributed by atoms with van der Waals surface area (Å²) in [5, 5.41) is 10.1. The van der Waals surface area contributed by atoms with Gasteiger partial charge in [-0.3, -0.25) is 4.57 Å². The normalized spacial score (nSPS) is 10.7. The van der Waals surface area contributed by atoms with E-state index in [2.05, 4.69) is 10.2 Å². The molecule has 3 rings (SSSR count). The van der Waals surface area contributed by atoms with Gasteiger partial charge in [0.2, 0.25) is 0 Å². The molecule has 0 aliphatic rings. The summed E-state index contributed by atoms with van der Waals surface area (Å²) in [5.74, 6) is 0.831. The number of aromatic nitrogens is 3. The van der Waals surface area contributed by atoms with E-state index < -0.39 is 0 Å². The monoisotopic (exact) mass is 301 g/mol. The van der Waals surface area contributed by atoms with Crippen LogP contribution in [0.5, 0.6) is 0 Å². The van der Waals surface area contributed by atoms with E-state index in [0.29, 0.717) is 5.02 Å². The Morgan fingerprint density at radius 3 is 2.30 bits per heavy atom. The molecule has 0 unspecified atom stereocenters. The van der Waals surface area contributed by atoms with Crippen molar-refractivity contribution < 1.29 is 0 Å². The van der Waals surface area contributed by atoms with E-state index in [1.807, 2.05) is 65.4 Å². The van der Waals surface area contributed by atoms with E-state index in [1.165, 1.54) is 0 Å². The van der Waals surface area contributed by atoms with Crippen molar-refractivity contribution in [2.75, 3.05) is 6.26 Å². The second-order valence-electron chi connectivity index (χ2n) is 4.19. The first kappa shape index (κ1) is 13.2. The Morgan fingerprint density at radius 1 is 0.950 bits per heavy atom. The molecule has 2 aromatic carbocycles. The summed E-state index contributed by atoms with van der Waals surface area (Å²) in [7, 11) is 0. The average molecular weight is 302 g/mol. The van der Waals surface area contributed by atoms with Gasteiger partial charge in [-0.05, 0) is 30.5 Å².